The third-order valence-electron chi connectivity index (χ3n) is 3.72. The number of carboxylic acid groups (broad SMARTS) is 1. The highest BCUT2D eigenvalue weighted by molar-refractivity contribution is 5.76. The fraction of sp³-hybridized carbons (Fsp3) is 0.833. The van der Waals surface area contributed by atoms with Crippen LogP contribution in [0.1, 0.15) is 13.8 Å². The van der Waals surface area contributed by atoms with Crippen molar-refractivity contribution in [3.05, 3.63) is 0 Å². The van der Waals surface area contributed by atoms with E-state index in [4.69, 9.17) is 5.11 Å². The van der Waals surface area contributed by atoms with Crippen LogP contribution in [0.4, 0.5) is 4.79 Å². The van der Waals surface area contributed by atoms with E-state index in [9.17, 15) is 9.59 Å². The van der Waals surface area contributed by atoms with Crippen LogP contribution in [0.3, 0.4) is 0 Å². The summed E-state index contributed by atoms with van der Waals surface area (Å²) in [6.07, 6.45) is 0. The maximum absolute atomic E-state index is 11.7. The van der Waals surface area contributed by atoms with Crippen LogP contribution in [-0.4, -0.2) is 66.7 Å². The Morgan fingerprint density at radius 1 is 1.39 bits per heavy atom. The molecule has 6 heteroatoms. The van der Waals surface area contributed by atoms with Crippen molar-refractivity contribution in [3.63, 3.8) is 0 Å². The summed E-state index contributed by atoms with van der Waals surface area (Å²) < 4.78 is 0. The Morgan fingerprint density at radius 2 is 1.94 bits per heavy atom. The van der Waals surface area contributed by atoms with Gasteiger partial charge in [0.2, 0.25) is 0 Å². The smallest absolute Gasteiger partial charge is 0.317 e. The molecule has 0 aromatic rings. The molecule has 2 N–H and O–H groups in total. The van der Waals surface area contributed by atoms with Crippen molar-refractivity contribution < 1.29 is 14.7 Å². The second-order valence-electron chi connectivity index (χ2n) is 5.29. The molecule has 0 aromatic heterocycles. The SMILES string of the molecule is CC(C(=O)O)C1CN(C(=O)NCC(C)N(C)C)C1. The van der Waals surface area contributed by atoms with Crippen LogP contribution < -0.4 is 5.32 Å². The monoisotopic (exact) mass is 257 g/mol. The number of nitrogens with zero attached hydrogens (tertiary/aromatic N) is 2. The van der Waals surface area contributed by atoms with Crippen molar-refractivity contribution in [2.75, 3.05) is 33.7 Å². The first kappa shape index (κ1) is 14.8. The minimum atomic E-state index is -0.790. The van der Waals surface area contributed by atoms with Gasteiger partial charge >= 0.3 is 12.0 Å². The topological polar surface area (TPSA) is 72.9 Å². The number of likely N-dealkylation sites (tertiary alicyclic amines) is 1. The molecule has 2 amide bonds. The van der Waals surface area contributed by atoms with E-state index >= 15 is 0 Å². The number of rotatable bonds is 5. The van der Waals surface area contributed by atoms with E-state index in [0.717, 1.165) is 0 Å². The average Bonchev–Trinajstić information content (AvgIpc) is 2.23. The predicted molar refractivity (Wildman–Crippen MR) is 68.4 cm³/mol. The highest BCUT2D eigenvalue weighted by Crippen LogP contribution is 2.23. The lowest BCUT2D eigenvalue weighted by Gasteiger charge is -2.41. The Labute approximate surface area is 108 Å². The molecular formula is C12H23N3O3. The number of carbonyl (C=O) groups is 2. The first-order valence-corrected chi connectivity index (χ1v) is 6.25. The predicted octanol–water partition coefficient (Wildman–Crippen LogP) is 0.299. The highest BCUT2D eigenvalue weighted by Gasteiger charge is 2.37. The fourth-order valence-electron chi connectivity index (χ4n) is 1.73. The summed E-state index contributed by atoms with van der Waals surface area (Å²) in [5, 5.41) is 11.7. The van der Waals surface area contributed by atoms with Crippen LogP contribution in [0.5, 0.6) is 0 Å². The maximum atomic E-state index is 11.7. The molecule has 0 saturated carbocycles. The van der Waals surface area contributed by atoms with Gasteiger partial charge in [0.25, 0.3) is 0 Å². The van der Waals surface area contributed by atoms with Crippen LogP contribution in [-0.2, 0) is 4.79 Å². The quantitative estimate of drug-likeness (QED) is 0.743. The van der Waals surface area contributed by atoms with Crippen LogP contribution in [0, 0.1) is 11.8 Å². The number of likely N-dealkylation sites (N-methyl/N-ethyl adjacent to an activating group) is 1. The minimum absolute atomic E-state index is 0.0829. The summed E-state index contributed by atoms with van der Waals surface area (Å²) >= 11 is 0. The number of carbonyl (C=O) groups excluding carboxylic acids is 1. The lowest BCUT2D eigenvalue weighted by molar-refractivity contribution is -0.144. The molecule has 18 heavy (non-hydrogen) atoms. The summed E-state index contributed by atoms with van der Waals surface area (Å²) in [6, 6.07) is 0.182. The molecule has 0 spiro atoms. The zero-order valence-corrected chi connectivity index (χ0v) is 11.5. The number of amides is 2. The van der Waals surface area contributed by atoms with Gasteiger partial charge < -0.3 is 20.2 Å². The molecule has 1 rings (SSSR count). The van der Waals surface area contributed by atoms with Gasteiger partial charge in [-0.05, 0) is 21.0 Å². The molecule has 104 valence electrons. The van der Waals surface area contributed by atoms with Gasteiger partial charge in [-0.15, -0.1) is 0 Å². The Morgan fingerprint density at radius 3 is 2.39 bits per heavy atom. The molecule has 1 heterocycles. The van der Waals surface area contributed by atoms with Crippen LogP contribution >= 0.6 is 0 Å². The second kappa shape index (κ2) is 6.04. The Kier molecular flexibility index (Phi) is 4.95. The molecule has 6 nitrogen and oxygen atoms in total. The summed E-state index contributed by atoms with van der Waals surface area (Å²) in [5.41, 5.74) is 0. The van der Waals surface area contributed by atoms with Gasteiger partial charge in [-0.3, -0.25) is 4.79 Å². The summed E-state index contributed by atoms with van der Waals surface area (Å²) in [5.74, 6) is -1.09. The van der Waals surface area contributed by atoms with Gasteiger partial charge in [0.05, 0.1) is 5.92 Å². The molecule has 2 unspecified atom stereocenters. The number of aliphatic carboxylic acids is 1. The van der Waals surface area contributed by atoms with Gasteiger partial charge in [-0.2, -0.15) is 0 Å². The molecule has 0 bridgehead atoms. The van der Waals surface area contributed by atoms with Crippen molar-refractivity contribution in [1.82, 2.24) is 15.1 Å². The standard InChI is InChI=1S/C12H23N3O3/c1-8(14(3)4)5-13-12(18)15-6-10(7-15)9(2)11(16)17/h8-10H,5-7H2,1-4H3,(H,13,18)(H,16,17). The van der Waals surface area contributed by atoms with Gasteiger partial charge in [0.15, 0.2) is 0 Å². The molecule has 0 radical (unpaired) electrons. The lowest BCUT2D eigenvalue weighted by Crippen LogP contribution is -2.57. The second-order valence-corrected chi connectivity index (χ2v) is 5.29. The molecule has 2 atom stereocenters. The van der Waals surface area contributed by atoms with Crippen molar-refractivity contribution in [2.24, 2.45) is 11.8 Å². The fourth-order valence-corrected chi connectivity index (χ4v) is 1.73. The summed E-state index contributed by atoms with van der Waals surface area (Å²) in [4.78, 5) is 26.2. The van der Waals surface area contributed by atoms with E-state index in [0.29, 0.717) is 19.6 Å². The highest BCUT2D eigenvalue weighted by atomic mass is 16.4. The van der Waals surface area contributed by atoms with E-state index in [1.807, 2.05) is 25.9 Å². The van der Waals surface area contributed by atoms with Gasteiger partial charge in [0, 0.05) is 31.6 Å². The molecule has 1 aliphatic rings. The molecule has 1 saturated heterocycles. The summed E-state index contributed by atoms with van der Waals surface area (Å²) in [7, 11) is 3.93. The Balaban J connectivity index is 2.25. The van der Waals surface area contributed by atoms with Crippen LogP contribution in [0.25, 0.3) is 0 Å². The van der Waals surface area contributed by atoms with E-state index < -0.39 is 5.97 Å². The Hall–Kier alpha value is -1.30. The number of nitrogens with one attached hydrogen (secondary N) is 1. The van der Waals surface area contributed by atoms with Crippen LogP contribution in [0.15, 0.2) is 0 Å². The minimum Gasteiger partial charge on any atom is -0.481 e. The normalized spacial score (nSPS) is 19.3. The molecular weight excluding hydrogens is 234 g/mol. The average molecular weight is 257 g/mol. The molecule has 1 fully saturated rings. The van der Waals surface area contributed by atoms with E-state index in [-0.39, 0.29) is 23.9 Å². The van der Waals surface area contributed by atoms with Crippen LogP contribution in [0.2, 0.25) is 0 Å². The van der Waals surface area contributed by atoms with Gasteiger partial charge in [-0.1, -0.05) is 6.92 Å². The third-order valence-corrected chi connectivity index (χ3v) is 3.72. The lowest BCUT2D eigenvalue weighted by atomic mass is 9.87. The number of urea groups is 1. The van der Waals surface area contributed by atoms with Gasteiger partial charge in [-0.25, -0.2) is 4.79 Å². The van der Waals surface area contributed by atoms with E-state index in [1.165, 1.54) is 0 Å². The molecule has 0 aliphatic carbocycles. The Bertz CT molecular complexity index is 314. The molecule has 1 aliphatic heterocycles. The first-order valence-electron chi connectivity index (χ1n) is 6.25. The van der Waals surface area contributed by atoms with Gasteiger partial charge in [0.1, 0.15) is 0 Å². The van der Waals surface area contributed by atoms with Crippen molar-refractivity contribution in [2.45, 2.75) is 19.9 Å². The maximum Gasteiger partial charge on any atom is 0.317 e. The van der Waals surface area contributed by atoms with E-state index in [1.54, 1.807) is 11.8 Å². The molecule has 0 aromatic carbocycles. The van der Waals surface area contributed by atoms with Crippen molar-refractivity contribution in [1.29, 1.82) is 0 Å². The largest absolute Gasteiger partial charge is 0.481 e. The van der Waals surface area contributed by atoms with E-state index in [2.05, 4.69) is 5.32 Å². The first-order chi connectivity index (χ1) is 8.32. The number of hydrogen-bond donors (Lipinski definition) is 2. The zero-order valence-electron chi connectivity index (χ0n) is 11.5. The van der Waals surface area contributed by atoms with Crippen molar-refractivity contribution in [3.8, 4) is 0 Å². The third kappa shape index (κ3) is 3.60. The number of carboxylic acids is 1. The number of hydrogen-bond acceptors (Lipinski definition) is 3. The summed E-state index contributed by atoms with van der Waals surface area (Å²) in [6.45, 7) is 5.40. The van der Waals surface area contributed by atoms with Crippen molar-refractivity contribution >= 4 is 12.0 Å². The zero-order chi connectivity index (χ0) is 13.9.